The Morgan fingerprint density at radius 1 is 1.14 bits per heavy atom. The summed E-state index contributed by atoms with van der Waals surface area (Å²) in [5.74, 6) is 0.867. The van der Waals surface area contributed by atoms with Gasteiger partial charge in [0.05, 0.1) is 0 Å². The predicted octanol–water partition coefficient (Wildman–Crippen LogP) is 4.16. The summed E-state index contributed by atoms with van der Waals surface area (Å²) in [5.41, 5.74) is 2.83. The highest BCUT2D eigenvalue weighted by Crippen LogP contribution is 2.40. The molecular weight excluding hydrogens is 256 g/mol. The smallest absolute Gasteiger partial charge is 0.0348 e. The molecule has 1 saturated carbocycles. The van der Waals surface area contributed by atoms with Crippen LogP contribution in [0, 0.1) is 12.8 Å². The average Bonchev–Trinajstić information content (AvgIpc) is 3.28. The van der Waals surface area contributed by atoms with E-state index in [1.807, 2.05) is 0 Å². The van der Waals surface area contributed by atoms with E-state index in [1.54, 1.807) is 0 Å². The molecule has 1 atom stereocenters. The zero-order valence-corrected chi connectivity index (χ0v) is 14.2. The van der Waals surface area contributed by atoms with Crippen LogP contribution in [0.3, 0.4) is 0 Å². The maximum atomic E-state index is 3.80. The third-order valence-corrected chi connectivity index (χ3v) is 4.71. The molecule has 2 nitrogen and oxygen atoms in total. The molecule has 1 aromatic carbocycles. The van der Waals surface area contributed by atoms with Crippen molar-refractivity contribution < 1.29 is 0 Å². The zero-order chi connectivity index (χ0) is 15.2. The fourth-order valence-corrected chi connectivity index (χ4v) is 2.76. The number of benzene rings is 1. The van der Waals surface area contributed by atoms with Crippen molar-refractivity contribution in [2.75, 3.05) is 20.1 Å². The average molecular weight is 288 g/mol. The largest absolute Gasteiger partial charge is 0.310 e. The second kappa shape index (κ2) is 7.95. The van der Waals surface area contributed by atoms with Gasteiger partial charge in [0, 0.05) is 12.1 Å². The lowest BCUT2D eigenvalue weighted by molar-refractivity contribution is 0.267. The molecule has 21 heavy (non-hydrogen) atoms. The Labute approximate surface area is 130 Å². The zero-order valence-electron chi connectivity index (χ0n) is 14.2. The maximum Gasteiger partial charge on any atom is 0.0348 e. The molecule has 1 fully saturated rings. The lowest BCUT2D eigenvalue weighted by Gasteiger charge is -2.22. The van der Waals surface area contributed by atoms with Crippen molar-refractivity contribution in [2.45, 2.75) is 58.5 Å². The van der Waals surface area contributed by atoms with Crippen molar-refractivity contribution in [3.63, 3.8) is 0 Å². The minimum absolute atomic E-state index is 0.577. The van der Waals surface area contributed by atoms with E-state index in [4.69, 9.17) is 0 Å². The van der Waals surface area contributed by atoms with Crippen LogP contribution >= 0.6 is 0 Å². The molecule has 0 bridgehead atoms. The van der Waals surface area contributed by atoms with Crippen molar-refractivity contribution in [1.29, 1.82) is 0 Å². The lowest BCUT2D eigenvalue weighted by atomic mass is 10.0. The normalized spacial score (nSPS) is 16.7. The summed E-state index contributed by atoms with van der Waals surface area (Å²) >= 11 is 0. The van der Waals surface area contributed by atoms with Gasteiger partial charge in [-0.05, 0) is 78.1 Å². The predicted molar refractivity (Wildman–Crippen MR) is 91.6 cm³/mol. The van der Waals surface area contributed by atoms with Gasteiger partial charge in [0.2, 0.25) is 0 Å². The van der Waals surface area contributed by atoms with Gasteiger partial charge in [-0.1, -0.05) is 29.8 Å². The van der Waals surface area contributed by atoms with E-state index in [0.29, 0.717) is 12.1 Å². The number of nitrogens with one attached hydrogen (secondary N) is 1. The number of nitrogens with zero attached hydrogens (tertiary/aromatic N) is 1. The molecule has 1 unspecified atom stereocenters. The first-order chi connectivity index (χ1) is 10.1. The first kappa shape index (κ1) is 16.5. The minimum Gasteiger partial charge on any atom is -0.310 e. The summed E-state index contributed by atoms with van der Waals surface area (Å²) in [5, 5.41) is 3.80. The quantitative estimate of drug-likeness (QED) is 0.687. The monoisotopic (exact) mass is 288 g/mol. The lowest BCUT2D eigenvalue weighted by Crippen LogP contribution is -2.28. The molecule has 0 heterocycles. The molecule has 1 aliphatic carbocycles. The molecule has 0 aliphatic heterocycles. The Balaban J connectivity index is 1.73. The first-order valence-electron chi connectivity index (χ1n) is 8.58. The molecule has 0 amide bonds. The first-order valence-corrected chi connectivity index (χ1v) is 8.58. The van der Waals surface area contributed by atoms with E-state index in [0.717, 1.165) is 12.5 Å². The summed E-state index contributed by atoms with van der Waals surface area (Å²) < 4.78 is 0. The van der Waals surface area contributed by atoms with Crippen LogP contribution in [0.1, 0.15) is 56.7 Å². The van der Waals surface area contributed by atoms with Gasteiger partial charge in [-0.25, -0.2) is 0 Å². The summed E-state index contributed by atoms with van der Waals surface area (Å²) in [6, 6.07) is 10.3. The Hall–Kier alpha value is -0.860. The van der Waals surface area contributed by atoms with Gasteiger partial charge in [-0.3, -0.25) is 0 Å². The van der Waals surface area contributed by atoms with E-state index in [-0.39, 0.29) is 0 Å². The molecule has 118 valence electrons. The number of unbranched alkanes of at least 4 members (excludes halogenated alkanes) is 1. The van der Waals surface area contributed by atoms with Crippen LogP contribution in [0.5, 0.6) is 0 Å². The molecule has 1 aliphatic rings. The summed E-state index contributed by atoms with van der Waals surface area (Å²) in [6.45, 7) is 9.03. The maximum absolute atomic E-state index is 3.80. The molecule has 0 spiro atoms. The standard InChI is InChI=1S/C19H32N2/c1-15(2)21(4)14-6-5-13-20-19(18-11-12-18)17-9-7-16(3)8-10-17/h7-10,15,18-20H,5-6,11-14H2,1-4H3. The highest BCUT2D eigenvalue weighted by molar-refractivity contribution is 5.25. The molecule has 2 rings (SSSR count). The van der Waals surface area contributed by atoms with Gasteiger partial charge in [-0.15, -0.1) is 0 Å². The summed E-state index contributed by atoms with van der Waals surface area (Å²) in [6.07, 6.45) is 5.34. The molecule has 1 aromatic rings. The van der Waals surface area contributed by atoms with Crippen LogP contribution in [0.4, 0.5) is 0 Å². The van der Waals surface area contributed by atoms with Gasteiger partial charge in [0.1, 0.15) is 0 Å². The second-order valence-corrected chi connectivity index (χ2v) is 6.96. The van der Waals surface area contributed by atoms with E-state index < -0.39 is 0 Å². The Morgan fingerprint density at radius 2 is 1.81 bits per heavy atom. The molecule has 1 N–H and O–H groups in total. The molecule has 0 aromatic heterocycles. The third kappa shape index (κ3) is 5.44. The fraction of sp³-hybridized carbons (Fsp3) is 0.684. The van der Waals surface area contributed by atoms with Crippen LogP contribution < -0.4 is 5.32 Å². The van der Waals surface area contributed by atoms with Crippen LogP contribution in [0.2, 0.25) is 0 Å². The SMILES string of the molecule is Cc1ccc(C(NCCCCN(C)C(C)C)C2CC2)cc1. The number of rotatable bonds is 9. The van der Waals surface area contributed by atoms with Crippen LogP contribution in [-0.2, 0) is 0 Å². The highest BCUT2D eigenvalue weighted by atomic mass is 15.1. The molecular formula is C19H32N2. The fourth-order valence-electron chi connectivity index (χ4n) is 2.76. The topological polar surface area (TPSA) is 15.3 Å². The van der Waals surface area contributed by atoms with E-state index in [2.05, 4.69) is 62.3 Å². The number of hydrogen-bond acceptors (Lipinski definition) is 2. The Bertz CT molecular complexity index is 406. The van der Waals surface area contributed by atoms with Crippen molar-refractivity contribution >= 4 is 0 Å². The Morgan fingerprint density at radius 3 is 2.38 bits per heavy atom. The van der Waals surface area contributed by atoms with Gasteiger partial charge in [0.25, 0.3) is 0 Å². The Kier molecular flexibility index (Phi) is 6.25. The summed E-state index contributed by atoms with van der Waals surface area (Å²) in [4.78, 5) is 2.43. The van der Waals surface area contributed by atoms with Crippen LogP contribution in [-0.4, -0.2) is 31.1 Å². The third-order valence-electron chi connectivity index (χ3n) is 4.71. The second-order valence-electron chi connectivity index (χ2n) is 6.96. The highest BCUT2D eigenvalue weighted by Gasteiger charge is 2.31. The van der Waals surface area contributed by atoms with Gasteiger partial charge in [-0.2, -0.15) is 0 Å². The van der Waals surface area contributed by atoms with E-state index >= 15 is 0 Å². The van der Waals surface area contributed by atoms with Crippen LogP contribution in [0.25, 0.3) is 0 Å². The van der Waals surface area contributed by atoms with Crippen LogP contribution in [0.15, 0.2) is 24.3 Å². The van der Waals surface area contributed by atoms with Crippen molar-refractivity contribution in [2.24, 2.45) is 5.92 Å². The molecule has 2 heteroatoms. The minimum atomic E-state index is 0.577. The van der Waals surface area contributed by atoms with Crippen molar-refractivity contribution in [3.05, 3.63) is 35.4 Å². The van der Waals surface area contributed by atoms with Gasteiger partial charge < -0.3 is 10.2 Å². The van der Waals surface area contributed by atoms with Crippen molar-refractivity contribution in [1.82, 2.24) is 10.2 Å². The molecule has 0 radical (unpaired) electrons. The van der Waals surface area contributed by atoms with E-state index in [9.17, 15) is 0 Å². The number of hydrogen-bond donors (Lipinski definition) is 1. The van der Waals surface area contributed by atoms with Gasteiger partial charge in [0.15, 0.2) is 0 Å². The van der Waals surface area contributed by atoms with Gasteiger partial charge >= 0.3 is 0 Å². The summed E-state index contributed by atoms with van der Waals surface area (Å²) in [7, 11) is 2.22. The number of aryl methyl sites for hydroxylation is 1. The van der Waals surface area contributed by atoms with E-state index in [1.165, 1.54) is 43.4 Å². The van der Waals surface area contributed by atoms with Crippen molar-refractivity contribution in [3.8, 4) is 0 Å². The molecule has 0 saturated heterocycles.